The van der Waals surface area contributed by atoms with Crippen LogP contribution in [0.15, 0.2) is 48.5 Å². The number of benzene rings is 2. The summed E-state index contributed by atoms with van der Waals surface area (Å²) in [7, 11) is 3.33. The fraction of sp³-hybridized carbons (Fsp3) is 0.360. The van der Waals surface area contributed by atoms with Gasteiger partial charge < -0.3 is 24.2 Å². The predicted molar refractivity (Wildman–Crippen MR) is 130 cm³/mol. The molecule has 1 heterocycles. The maximum absolute atomic E-state index is 12.8. The van der Waals surface area contributed by atoms with Crippen molar-refractivity contribution in [1.82, 2.24) is 14.7 Å². The summed E-state index contributed by atoms with van der Waals surface area (Å²) in [4.78, 5) is 30.7. The first kappa shape index (κ1) is 24.5. The van der Waals surface area contributed by atoms with Crippen molar-refractivity contribution in [2.75, 3.05) is 46.9 Å². The van der Waals surface area contributed by atoms with Gasteiger partial charge in [-0.15, -0.1) is 0 Å². The number of halogens is 1. The number of carbonyl (C=O) groups excluding carboxylic acids is 2. The lowest BCUT2D eigenvalue weighted by atomic mass is 10.1. The maximum Gasteiger partial charge on any atom is 0.320 e. The average Bonchev–Trinajstić information content (AvgIpc) is 2.83. The van der Waals surface area contributed by atoms with Gasteiger partial charge in [-0.2, -0.15) is 0 Å². The van der Waals surface area contributed by atoms with Crippen LogP contribution in [0.5, 0.6) is 11.5 Å². The van der Waals surface area contributed by atoms with E-state index >= 15 is 0 Å². The number of rotatable bonds is 7. The van der Waals surface area contributed by atoms with E-state index in [4.69, 9.17) is 21.1 Å². The molecule has 2 aromatic carbocycles. The molecule has 3 amide bonds. The van der Waals surface area contributed by atoms with Gasteiger partial charge in [0.2, 0.25) is 5.91 Å². The zero-order chi connectivity index (χ0) is 23.8. The number of hydrogen-bond donors (Lipinski definition) is 0. The first-order valence-electron chi connectivity index (χ1n) is 10.9. The van der Waals surface area contributed by atoms with Crippen molar-refractivity contribution in [1.29, 1.82) is 0 Å². The van der Waals surface area contributed by atoms with E-state index in [1.807, 2.05) is 37.3 Å². The third-order valence-corrected chi connectivity index (χ3v) is 5.69. The van der Waals surface area contributed by atoms with Crippen molar-refractivity contribution >= 4 is 29.6 Å². The molecule has 8 heteroatoms. The summed E-state index contributed by atoms with van der Waals surface area (Å²) >= 11 is 6.28. The van der Waals surface area contributed by atoms with Crippen molar-refractivity contribution in [3.8, 4) is 11.5 Å². The predicted octanol–water partition coefficient (Wildman–Crippen LogP) is 4.16. The standard InChI is InChI=1S/C25H30ClN3O4/c1-4-33-22-17-20(16-21(26)24(22)32-3)10-11-23(30)28-12-14-29(15-13-28)25(31)27(2)18-19-8-6-5-7-9-19/h5-11,16-17H,4,12-15,18H2,1-3H3/b11-10+. The summed E-state index contributed by atoms with van der Waals surface area (Å²) in [6.07, 6.45) is 3.23. The molecule has 1 saturated heterocycles. The molecule has 0 radical (unpaired) electrons. The molecular formula is C25H30ClN3O4. The van der Waals surface area contributed by atoms with Gasteiger partial charge in [0.25, 0.3) is 0 Å². The van der Waals surface area contributed by atoms with Gasteiger partial charge in [0, 0.05) is 45.8 Å². The van der Waals surface area contributed by atoms with Crippen LogP contribution in [0.1, 0.15) is 18.1 Å². The molecule has 1 fully saturated rings. The number of nitrogens with zero attached hydrogens (tertiary/aromatic N) is 3. The molecule has 0 aromatic heterocycles. The average molecular weight is 472 g/mol. The Balaban J connectivity index is 1.55. The van der Waals surface area contributed by atoms with Gasteiger partial charge in [0.15, 0.2) is 11.5 Å². The third-order valence-electron chi connectivity index (χ3n) is 5.41. The van der Waals surface area contributed by atoms with Crippen LogP contribution in [0.3, 0.4) is 0 Å². The van der Waals surface area contributed by atoms with Gasteiger partial charge >= 0.3 is 6.03 Å². The van der Waals surface area contributed by atoms with Crippen LogP contribution in [-0.2, 0) is 11.3 Å². The molecule has 0 N–H and O–H groups in total. The van der Waals surface area contributed by atoms with Crippen LogP contribution in [0, 0.1) is 0 Å². The minimum absolute atomic E-state index is 0.0298. The number of piperazine rings is 1. The molecule has 1 aliphatic heterocycles. The van der Waals surface area contributed by atoms with Crippen LogP contribution in [0.25, 0.3) is 6.08 Å². The highest BCUT2D eigenvalue weighted by Gasteiger charge is 2.25. The van der Waals surface area contributed by atoms with Crippen LogP contribution in [0.4, 0.5) is 4.79 Å². The Morgan fingerprint density at radius 1 is 1.09 bits per heavy atom. The van der Waals surface area contributed by atoms with Crippen molar-refractivity contribution < 1.29 is 19.1 Å². The SMILES string of the molecule is CCOc1cc(/C=C/C(=O)N2CCN(C(=O)N(C)Cc3ccccc3)CC2)cc(Cl)c1OC. The van der Waals surface area contributed by atoms with Crippen molar-refractivity contribution in [3.05, 3.63) is 64.7 Å². The molecule has 3 rings (SSSR count). The maximum atomic E-state index is 12.8. The Kier molecular flexibility index (Phi) is 8.60. The summed E-state index contributed by atoms with van der Waals surface area (Å²) in [5.41, 5.74) is 1.83. The summed E-state index contributed by atoms with van der Waals surface area (Å²) in [5, 5.41) is 0.419. The van der Waals surface area contributed by atoms with Crippen molar-refractivity contribution in [2.24, 2.45) is 0 Å². The number of methoxy groups -OCH3 is 1. The van der Waals surface area contributed by atoms with Gasteiger partial charge in [-0.3, -0.25) is 4.79 Å². The molecule has 0 saturated carbocycles. The van der Waals surface area contributed by atoms with E-state index in [1.165, 1.54) is 13.2 Å². The monoisotopic (exact) mass is 471 g/mol. The highest BCUT2D eigenvalue weighted by molar-refractivity contribution is 6.32. The Morgan fingerprint density at radius 2 is 1.76 bits per heavy atom. The lowest BCUT2D eigenvalue weighted by Gasteiger charge is -2.36. The van der Waals surface area contributed by atoms with E-state index in [-0.39, 0.29) is 11.9 Å². The van der Waals surface area contributed by atoms with E-state index in [0.29, 0.717) is 55.9 Å². The van der Waals surface area contributed by atoms with E-state index in [0.717, 1.165) is 11.1 Å². The molecular weight excluding hydrogens is 442 g/mol. The largest absolute Gasteiger partial charge is 0.491 e. The number of carbonyl (C=O) groups is 2. The molecule has 1 aliphatic rings. The Bertz CT molecular complexity index is 989. The minimum Gasteiger partial charge on any atom is -0.491 e. The molecule has 0 bridgehead atoms. The number of ether oxygens (including phenoxy) is 2. The second-order valence-corrected chi connectivity index (χ2v) is 8.14. The smallest absolute Gasteiger partial charge is 0.320 e. The minimum atomic E-state index is -0.107. The van der Waals surface area contributed by atoms with Crippen LogP contribution in [0.2, 0.25) is 5.02 Å². The highest BCUT2D eigenvalue weighted by Crippen LogP contribution is 2.36. The molecule has 176 valence electrons. The molecule has 0 aliphatic carbocycles. The summed E-state index contributed by atoms with van der Waals surface area (Å²) in [6, 6.07) is 13.4. The fourth-order valence-corrected chi connectivity index (χ4v) is 4.00. The van der Waals surface area contributed by atoms with Gasteiger partial charge in [0.1, 0.15) is 0 Å². The lowest BCUT2D eigenvalue weighted by Crippen LogP contribution is -2.53. The highest BCUT2D eigenvalue weighted by atomic mass is 35.5. The number of hydrogen-bond acceptors (Lipinski definition) is 4. The van der Waals surface area contributed by atoms with Gasteiger partial charge in [-0.05, 0) is 36.3 Å². The van der Waals surface area contributed by atoms with Crippen LogP contribution >= 0.6 is 11.6 Å². The van der Waals surface area contributed by atoms with E-state index in [9.17, 15) is 9.59 Å². The molecule has 0 unspecified atom stereocenters. The zero-order valence-corrected chi connectivity index (χ0v) is 20.0. The van der Waals surface area contributed by atoms with E-state index in [1.54, 1.807) is 40.0 Å². The Morgan fingerprint density at radius 3 is 2.39 bits per heavy atom. The molecule has 0 spiro atoms. The molecule has 33 heavy (non-hydrogen) atoms. The van der Waals surface area contributed by atoms with E-state index < -0.39 is 0 Å². The third kappa shape index (κ3) is 6.42. The van der Waals surface area contributed by atoms with Gasteiger partial charge in [0.05, 0.1) is 18.7 Å². The van der Waals surface area contributed by atoms with Gasteiger partial charge in [-0.1, -0.05) is 41.9 Å². The van der Waals surface area contributed by atoms with Crippen LogP contribution < -0.4 is 9.47 Å². The second kappa shape index (κ2) is 11.6. The lowest BCUT2D eigenvalue weighted by molar-refractivity contribution is -0.127. The number of urea groups is 1. The van der Waals surface area contributed by atoms with Crippen molar-refractivity contribution in [3.63, 3.8) is 0 Å². The summed E-state index contributed by atoms with van der Waals surface area (Å²) in [5.74, 6) is 0.899. The van der Waals surface area contributed by atoms with E-state index in [2.05, 4.69) is 0 Å². The van der Waals surface area contributed by atoms with Crippen molar-refractivity contribution in [2.45, 2.75) is 13.5 Å². The molecule has 7 nitrogen and oxygen atoms in total. The Hall–Kier alpha value is -3.19. The first-order valence-corrected chi connectivity index (χ1v) is 11.3. The second-order valence-electron chi connectivity index (χ2n) is 7.74. The summed E-state index contributed by atoms with van der Waals surface area (Å²) in [6.45, 7) is 4.88. The first-order chi connectivity index (χ1) is 15.9. The number of amides is 3. The molecule has 0 atom stereocenters. The quantitative estimate of drug-likeness (QED) is 0.569. The topological polar surface area (TPSA) is 62.3 Å². The van der Waals surface area contributed by atoms with Crippen LogP contribution in [-0.4, -0.2) is 73.6 Å². The normalized spacial score (nSPS) is 13.8. The zero-order valence-electron chi connectivity index (χ0n) is 19.3. The Labute approximate surface area is 200 Å². The fourth-order valence-electron chi connectivity index (χ4n) is 3.70. The van der Waals surface area contributed by atoms with Gasteiger partial charge in [-0.25, -0.2) is 4.79 Å². The summed E-state index contributed by atoms with van der Waals surface area (Å²) < 4.78 is 10.9. The molecule has 2 aromatic rings.